The van der Waals surface area contributed by atoms with Crippen LogP contribution >= 0.6 is 0 Å². The van der Waals surface area contributed by atoms with Gasteiger partial charge >= 0.3 is 5.97 Å². The Hall–Kier alpha value is -2.75. The Morgan fingerprint density at radius 1 is 1.13 bits per heavy atom. The highest BCUT2D eigenvalue weighted by molar-refractivity contribution is 5.96. The van der Waals surface area contributed by atoms with E-state index >= 15 is 0 Å². The van der Waals surface area contributed by atoms with Crippen molar-refractivity contribution in [3.8, 4) is 11.1 Å². The molecular formula is C19H16FNO2. The van der Waals surface area contributed by atoms with Gasteiger partial charge in [-0.15, -0.1) is 0 Å². The van der Waals surface area contributed by atoms with Crippen LogP contribution in [0.25, 0.3) is 22.0 Å². The number of fused-ring (bicyclic) bond motifs is 1. The molecular weight excluding hydrogens is 293 g/mol. The molecule has 0 fully saturated rings. The van der Waals surface area contributed by atoms with E-state index in [-0.39, 0.29) is 17.0 Å². The molecule has 0 atom stereocenters. The van der Waals surface area contributed by atoms with Crippen molar-refractivity contribution in [2.45, 2.75) is 19.8 Å². The molecule has 23 heavy (non-hydrogen) atoms. The lowest BCUT2D eigenvalue weighted by Gasteiger charge is -2.13. The Morgan fingerprint density at radius 2 is 1.91 bits per heavy atom. The van der Waals surface area contributed by atoms with Crippen LogP contribution in [0.3, 0.4) is 0 Å². The van der Waals surface area contributed by atoms with E-state index in [1.165, 1.54) is 18.2 Å². The van der Waals surface area contributed by atoms with Gasteiger partial charge in [0.2, 0.25) is 0 Å². The van der Waals surface area contributed by atoms with Gasteiger partial charge in [0.15, 0.2) is 0 Å². The third-order valence-electron chi connectivity index (χ3n) is 3.90. The van der Waals surface area contributed by atoms with Crippen molar-refractivity contribution in [2.75, 3.05) is 0 Å². The van der Waals surface area contributed by atoms with E-state index < -0.39 is 11.8 Å². The van der Waals surface area contributed by atoms with Crippen molar-refractivity contribution in [2.24, 2.45) is 0 Å². The Bertz CT molecular complexity index is 903. The monoisotopic (exact) mass is 309 g/mol. The van der Waals surface area contributed by atoms with E-state index in [9.17, 15) is 9.18 Å². The molecule has 0 aliphatic heterocycles. The smallest absolute Gasteiger partial charge is 0.335 e. The summed E-state index contributed by atoms with van der Waals surface area (Å²) in [6.07, 6.45) is 1.65. The molecule has 0 spiro atoms. The Kier molecular flexibility index (Phi) is 3.82. The van der Waals surface area contributed by atoms with Crippen LogP contribution in [0.15, 0.2) is 48.7 Å². The number of halogens is 1. The molecule has 0 saturated heterocycles. The number of nitrogens with zero attached hydrogens (tertiary/aromatic N) is 1. The van der Waals surface area contributed by atoms with E-state index in [4.69, 9.17) is 5.11 Å². The number of pyridine rings is 1. The van der Waals surface area contributed by atoms with E-state index in [0.717, 1.165) is 10.9 Å². The van der Waals surface area contributed by atoms with Gasteiger partial charge in [0.25, 0.3) is 0 Å². The predicted octanol–water partition coefficient (Wildman–Crippen LogP) is 4.86. The standard InChI is InChI=1S/C19H16FNO2/c1-11(2)14-8-12-4-3-7-21-18(12)16(10-14)15-9-13(19(22)23)5-6-17(15)20/h3-11H,1-2H3,(H,22,23). The predicted molar refractivity (Wildman–Crippen MR) is 88.2 cm³/mol. The topological polar surface area (TPSA) is 50.2 Å². The third kappa shape index (κ3) is 2.80. The molecule has 0 unspecified atom stereocenters. The van der Waals surface area contributed by atoms with Gasteiger partial charge < -0.3 is 5.11 Å². The van der Waals surface area contributed by atoms with Crippen molar-refractivity contribution in [1.82, 2.24) is 4.98 Å². The van der Waals surface area contributed by atoms with Gasteiger partial charge in [-0.2, -0.15) is 0 Å². The largest absolute Gasteiger partial charge is 0.478 e. The molecule has 3 nitrogen and oxygen atoms in total. The van der Waals surface area contributed by atoms with Crippen molar-refractivity contribution >= 4 is 16.9 Å². The van der Waals surface area contributed by atoms with Crippen LogP contribution in [0.1, 0.15) is 35.7 Å². The fraction of sp³-hybridized carbons (Fsp3) is 0.158. The zero-order valence-corrected chi connectivity index (χ0v) is 12.9. The van der Waals surface area contributed by atoms with Gasteiger partial charge in [-0.25, -0.2) is 9.18 Å². The van der Waals surface area contributed by atoms with E-state index in [1.54, 1.807) is 6.20 Å². The highest BCUT2D eigenvalue weighted by atomic mass is 19.1. The molecule has 3 aromatic rings. The van der Waals surface area contributed by atoms with Crippen LogP contribution in [-0.4, -0.2) is 16.1 Å². The number of hydrogen-bond donors (Lipinski definition) is 1. The maximum Gasteiger partial charge on any atom is 0.335 e. The van der Waals surface area contributed by atoms with Crippen molar-refractivity contribution < 1.29 is 14.3 Å². The summed E-state index contributed by atoms with van der Waals surface area (Å²) in [5, 5.41) is 10.1. The van der Waals surface area contributed by atoms with Crippen LogP contribution in [0, 0.1) is 5.82 Å². The van der Waals surface area contributed by atoms with Gasteiger partial charge in [0, 0.05) is 22.7 Å². The molecule has 4 heteroatoms. The minimum atomic E-state index is -1.08. The number of aromatic nitrogens is 1. The first-order valence-corrected chi connectivity index (χ1v) is 7.39. The summed E-state index contributed by atoms with van der Waals surface area (Å²) in [5.41, 5.74) is 2.66. The summed E-state index contributed by atoms with van der Waals surface area (Å²) in [4.78, 5) is 15.6. The minimum Gasteiger partial charge on any atom is -0.478 e. The summed E-state index contributed by atoms with van der Waals surface area (Å²) in [7, 11) is 0. The first-order chi connectivity index (χ1) is 11.0. The van der Waals surface area contributed by atoms with Gasteiger partial charge in [0.05, 0.1) is 11.1 Å². The van der Waals surface area contributed by atoms with Crippen LogP contribution in [0.2, 0.25) is 0 Å². The molecule has 0 saturated carbocycles. The number of carbonyl (C=O) groups is 1. The van der Waals surface area contributed by atoms with Crippen LogP contribution in [0.4, 0.5) is 4.39 Å². The molecule has 1 aromatic heterocycles. The lowest BCUT2D eigenvalue weighted by atomic mass is 9.93. The van der Waals surface area contributed by atoms with Gasteiger partial charge in [-0.1, -0.05) is 19.9 Å². The molecule has 1 N–H and O–H groups in total. The molecule has 3 rings (SSSR count). The summed E-state index contributed by atoms with van der Waals surface area (Å²) in [6.45, 7) is 4.12. The quantitative estimate of drug-likeness (QED) is 0.751. The maximum absolute atomic E-state index is 14.4. The van der Waals surface area contributed by atoms with Gasteiger partial charge in [-0.3, -0.25) is 4.98 Å². The molecule has 1 heterocycles. The molecule has 116 valence electrons. The zero-order chi connectivity index (χ0) is 16.6. The summed E-state index contributed by atoms with van der Waals surface area (Å²) in [5.74, 6) is -1.27. The highest BCUT2D eigenvalue weighted by Crippen LogP contribution is 2.33. The Balaban J connectivity index is 2.35. The molecule has 0 radical (unpaired) electrons. The fourth-order valence-corrected chi connectivity index (χ4v) is 2.62. The van der Waals surface area contributed by atoms with Crippen molar-refractivity contribution in [1.29, 1.82) is 0 Å². The van der Waals surface area contributed by atoms with Gasteiger partial charge in [0.1, 0.15) is 5.82 Å². The number of rotatable bonds is 3. The summed E-state index contributed by atoms with van der Waals surface area (Å²) >= 11 is 0. The van der Waals surface area contributed by atoms with E-state index in [2.05, 4.69) is 18.8 Å². The minimum absolute atomic E-state index is 0.0560. The summed E-state index contributed by atoms with van der Waals surface area (Å²) in [6, 6.07) is 11.5. The molecule has 0 aliphatic carbocycles. The summed E-state index contributed by atoms with van der Waals surface area (Å²) < 4.78 is 14.4. The molecule has 0 bridgehead atoms. The number of hydrogen-bond acceptors (Lipinski definition) is 2. The highest BCUT2D eigenvalue weighted by Gasteiger charge is 2.15. The lowest BCUT2D eigenvalue weighted by molar-refractivity contribution is 0.0697. The third-order valence-corrected chi connectivity index (χ3v) is 3.90. The zero-order valence-electron chi connectivity index (χ0n) is 12.9. The average Bonchev–Trinajstić information content (AvgIpc) is 2.54. The fourth-order valence-electron chi connectivity index (χ4n) is 2.62. The average molecular weight is 309 g/mol. The number of carboxylic acid groups (broad SMARTS) is 1. The van der Waals surface area contributed by atoms with E-state index in [0.29, 0.717) is 11.1 Å². The first kappa shape index (κ1) is 15.2. The second kappa shape index (κ2) is 5.80. The van der Waals surface area contributed by atoms with Crippen molar-refractivity contribution in [3.63, 3.8) is 0 Å². The lowest BCUT2D eigenvalue weighted by Crippen LogP contribution is -1.99. The number of carboxylic acids is 1. The SMILES string of the molecule is CC(C)c1cc(-c2cc(C(=O)O)ccc2F)c2ncccc2c1. The number of aromatic carboxylic acids is 1. The van der Waals surface area contributed by atoms with E-state index in [1.807, 2.05) is 24.3 Å². The molecule has 2 aromatic carbocycles. The second-order valence-corrected chi connectivity index (χ2v) is 5.80. The second-order valence-electron chi connectivity index (χ2n) is 5.80. The van der Waals surface area contributed by atoms with Crippen LogP contribution in [0.5, 0.6) is 0 Å². The maximum atomic E-state index is 14.4. The van der Waals surface area contributed by atoms with Crippen LogP contribution in [-0.2, 0) is 0 Å². The Labute approximate surface area is 133 Å². The molecule has 0 aliphatic rings. The van der Waals surface area contributed by atoms with Crippen molar-refractivity contribution in [3.05, 3.63) is 65.6 Å². The first-order valence-electron chi connectivity index (χ1n) is 7.39. The van der Waals surface area contributed by atoms with Crippen LogP contribution < -0.4 is 0 Å². The van der Waals surface area contributed by atoms with Gasteiger partial charge in [-0.05, 0) is 47.9 Å². The molecule has 0 amide bonds. The Morgan fingerprint density at radius 3 is 2.61 bits per heavy atom. The normalized spacial score (nSPS) is 11.1. The number of benzene rings is 2.